The topological polar surface area (TPSA) is 38.3 Å². The maximum Gasteiger partial charge on any atom is 0.277 e. The van der Waals surface area contributed by atoms with Crippen molar-refractivity contribution in [3.8, 4) is 0 Å². The Labute approximate surface area is 118 Å². The van der Waals surface area contributed by atoms with E-state index in [2.05, 4.69) is 21.4 Å². The zero-order chi connectivity index (χ0) is 13.7. The Kier molecular flexibility index (Phi) is 4.65. The Bertz CT molecular complexity index is 575. The number of nitrogens with one attached hydrogen (secondary N) is 1. The number of carbonyl (C=O) groups is 1. The smallest absolute Gasteiger partial charge is 0.269 e. The van der Waals surface area contributed by atoms with Gasteiger partial charge < -0.3 is 0 Å². The SMILES string of the molecule is O=C(NOCc1ccccc1)c1ccc(Br)cc1F. The van der Waals surface area contributed by atoms with Crippen LogP contribution in [0.4, 0.5) is 4.39 Å². The third-order valence-electron chi connectivity index (χ3n) is 2.42. The molecule has 1 amide bonds. The van der Waals surface area contributed by atoms with Crippen LogP contribution in [0.25, 0.3) is 0 Å². The number of benzene rings is 2. The Morgan fingerprint density at radius 3 is 2.63 bits per heavy atom. The molecule has 2 aromatic carbocycles. The van der Waals surface area contributed by atoms with Gasteiger partial charge in [-0.15, -0.1) is 0 Å². The van der Waals surface area contributed by atoms with Crippen molar-refractivity contribution >= 4 is 21.8 Å². The van der Waals surface area contributed by atoms with Crippen LogP contribution in [0.1, 0.15) is 15.9 Å². The number of hydroxylamine groups is 1. The molecule has 0 atom stereocenters. The third kappa shape index (κ3) is 3.87. The van der Waals surface area contributed by atoms with Gasteiger partial charge >= 0.3 is 0 Å². The predicted octanol–water partition coefficient (Wildman–Crippen LogP) is 3.45. The average molecular weight is 324 g/mol. The minimum atomic E-state index is -0.610. The first kappa shape index (κ1) is 13.7. The molecule has 0 heterocycles. The lowest BCUT2D eigenvalue weighted by molar-refractivity contribution is 0.0230. The molecule has 0 unspecified atom stereocenters. The quantitative estimate of drug-likeness (QED) is 0.875. The van der Waals surface area contributed by atoms with E-state index in [1.165, 1.54) is 12.1 Å². The van der Waals surface area contributed by atoms with Crippen LogP contribution in [0.15, 0.2) is 53.0 Å². The third-order valence-corrected chi connectivity index (χ3v) is 2.92. The van der Waals surface area contributed by atoms with Gasteiger partial charge in [0.1, 0.15) is 5.82 Å². The summed E-state index contributed by atoms with van der Waals surface area (Å²) in [5.74, 6) is -1.21. The van der Waals surface area contributed by atoms with Crippen LogP contribution in [-0.2, 0) is 11.4 Å². The van der Waals surface area contributed by atoms with Gasteiger partial charge in [0.15, 0.2) is 0 Å². The fourth-order valence-electron chi connectivity index (χ4n) is 1.49. The summed E-state index contributed by atoms with van der Waals surface area (Å²) in [6.07, 6.45) is 0. The van der Waals surface area contributed by atoms with E-state index < -0.39 is 11.7 Å². The van der Waals surface area contributed by atoms with Gasteiger partial charge in [0, 0.05) is 4.47 Å². The second kappa shape index (κ2) is 6.45. The summed E-state index contributed by atoms with van der Waals surface area (Å²) in [5, 5.41) is 0. The molecule has 1 N–H and O–H groups in total. The molecule has 0 aliphatic heterocycles. The summed E-state index contributed by atoms with van der Waals surface area (Å²) in [6, 6.07) is 13.6. The van der Waals surface area contributed by atoms with Crippen molar-refractivity contribution < 1.29 is 14.0 Å². The summed E-state index contributed by atoms with van der Waals surface area (Å²) in [6.45, 7) is 0.227. The van der Waals surface area contributed by atoms with E-state index >= 15 is 0 Å². The van der Waals surface area contributed by atoms with E-state index in [-0.39, 0.29) is 12.2 Å². The number of rotatable bonds is 4. The lowest BCUT2D eigenvalue weighted by atomic mass is 10.2. The van der Waals surface area contributed by atoms with E-state index in [4.69, 9.17) is 4.84 Å². The van der Waals surface area contributed by atoms with E-state index in [0.29, 0.717) is 4.47 Å². The zero-order valence-electron chi connectivity index (χ0n) is 9.90. The molecule has 19 heavy (non-hydrogen) atoms. The van der Waals surface area contributed by atoms with Crippen molar-refractivity contribution in [3.05, 3.63) is 69.9 Å². The number of hydrogen-bond donors (Lipinski definition) is 1. The number of halogens is 2. The fraction of sp³-hybridized carbons (Fsp3) is 0.0714. The molecule has 0 fully saturated rings. The zero-order valence-corrected chi connectivity index (χ0v) is 11.5. The number of carbonyl (C=O) groups excluding carboxylic acids is 1. The average Bonchev–Trinajstić information content (AvgIpc) is 2.39. The van der Waals surface area contributed by atoms with Gasteiger partial charge in [-0.25, -0.2) is 9.87 Å². The molecule has 2 aromatic rings. The second-order valence-corrected chi connectivity index (χ2v) is 4.75. The van der Waals surface area contributed by atoms with Crippen LogP contribution >= 0.6 is 15.9 Å². The van der Waals surface area contributed by atoms with Gasteiger partial charge in [0.05, 0.1) is 12.2 Å². The Morgan fingerprint density at radius 1 is 1.21 bits per heavy atom. The van der Waals surface area contributed by atoms with Gasteiger partial charge in [-0.1, -0.05) is 46.3 Å². The maximum absolute atomic E-state index is 13.5. The largest absolute Gasteiger partial charge is 0.277 e. The Morgan fingerprint density at radius 2 is 1.95 bits per heavy atom. The monoisotopic (exact) mass is 323 g/mol. The molecule has 0 radical (unpaired) electrons. The summed E-state index contributed by atoms with van der Waals surface area (Å²) in [5.41, 5.74) is 3.07. The van der Waals surface area contributed by atoms with Gasteiger partial charge in [0.2, 0.25) is 0 Å². The molecule has 0 saturated heterocycles. The summed E-state index contributed by atoms with van der Waals surface area (Å²) >= 11 is 3.13. The standard InChI is InChI=1S/C14H11BrFNO2/c15-11-6-7-12(13(16)8-11)14(18)17-19-9-10-4-2-1-3-5-10/h1-8H,9H2,(H,17,18). The first-order valence-corrected chi connectivity index (χ1v) is 6.37. The molecule has 0 aliphatic carbocycles. The van der Waals surface area contributed by atoms with Crippen molar-refractivity contribution in [2.75, 3.05) is 0 Å². The molecule has 2 rings (SSSR count). The highest BCUT2D eigenvalue weighted by Gasteiger charge is 2.11. The van der Waals surface area contributed by atoms with Gasteiger partial charge in [0.25, 0.3) is 5.91 Å². The number of hydrogen-bond acceptors (Lipinski definition) is 2. The molecule has 98 valence electrons. The molecule has 0 saturated carbocycles. The van der Waals surface area contributed by atoms with Crippen LogP contribution in [-0.4, -0.2) is 5.91 Å². The highest BCUT2D eigenvalue weighted by Crippen LogP contribution is 2.15. The number of amides is 1. The summed E-state index contributed by atoms with van der Waals surface area (Å²) in [4.78, 5) is 16.7. The van der Waals surface area contributed by atoms with Crippen molar-refractivity contribution in [2.45, 2.75) is 6.61 Å². The Balaban J connectivity index is 1.91. The molecule has 3 nitrogen and oxygen atoms in total. The van der Waals surface area contributed by atoms with Crippen LogP contribution in [0, 0.1) is 5.82 Å². The molecular weight excluding hydrogens is 313 g/mol. The lowest BCUT2D eigenvalue weighted by Crippen LogP contribution is -2.24. The van der Waals surface area contributed by atoms with Crippen molar-refractivity contribution in [2.24, 2.45) is 0 Å². The predicted molar refractivity (Wildman–Crippen MR) is 72.8 cm³/mol. The normalized spacial score (nSPS) is 10.2. The van der Waals surface area contributed by atoms with Gasteiger partial charge in [-0.05, 0) is 23.8 Å². The van der Waals surface area contributed by atoms with Crippen molar-refractivity contribution in [1.29, 1.82) is 0 Å². The Hall–Kier alpha value is -1.72. The summed E-state index contributed by atoms with van der Waals surface area (Å²) < 4.78 is 14.1. The lowest BCUT2D eigenvalue weighted by Gasteiger charge is -2.07. The van der Waals surface area contributed by atoms with E-state index in [1.54, 1.807) is 6.07 Å². The second-order valence-electron chi connectivity index (χ2n) is 3.83. The van der Waals surface area contributed by atoms with Gasteiger partial charge in [-0.3, -0.25) is 9.63 Å². The molecule has 0 bridgehead atoms. The molecular formula is C14H11BrFNO2. The molecule has 0 aromatic heterocycles. The molecule has 5 heteroatoms. The highest BCUT2D eigenvalue weighted by atomic mass is 79.9. The van der Waals surface area contributed by atoms with Crippen LogP contribution < -0.4 is 5.48 Å². The minimum Gasteiger partial charge on any atom is -0.269 e. The maximum atomic E-state index is 13.5. The van der Waals surface area contributed by atoms with Crippen molar-refractivity contribution in [1.82, 2.24) is 5.48 Å². The minimum absolute atomic E-state index is 0.0590. The van der Waals surface area contributed by atoms with E-state index in [9.17, 15) is 9.18 Å². The van der Waals surface area contributed by atoms with Crippen LogP contribution in [0.5, 0.6) is 0 Å². The van der Waals surface area contributed by atoms with E-state index in [1.807, 2.05) is 30.3 Å². The molecule has 0 spiro atoms. The first-order valence-electron chi connectivity index (χ1n) is 5.58. The van der Waals surface area contributed by atoms with Crippen LogP contribution in [0.3, 0.4) is 0 Å². The molecule has 0 aliphatic rings. The summed E-state index contributed by atoms with van der Waals surface area (Å²) in [7, 11) is 0. The van der Waals surface area contributed by atoms with Crippen molar-refractivity contribution in [3.63, 3.8) is 0 Å². The van der Waals surface area contributed by atoms with Crippen LogP contribution in [0.2, 0.25) is 0 Å². The highest BCUT2D eigenvalue weighted by molar-refractivity contribution is 9.10. The van der Waals surface area contributed by atoms with E-state index in [0.717, 1.165) is 5.56 Å². The first-order chi connectivity index (χ1) is 9.16. The van der Waals surface area contributed by atoms with Gasteiger partial charge in [-0.2, -0.15) is 0 Å². The fourth-order valence-corrected chi connectivity index (χ4v) is 1.82.